The molecule has 0 N–H and O–H groups in total. The lowest BCUT2D eigenvalue weighted by molar-refractivity contribution is 0.602. The molecule has 1 aromatic heterocycles. The third-order valence-corrected chi connectivity index (χ3v) is 4.48. The third-order valence-electron chi connectivity index (χ3n) is 2.46. The van der Waals surface area contributed by atoms with Crippen LogP contribution in [0.4, 0.5) is 0 Å². The summed E-state index contributed by atoms with van der Waals surface area (Å²) in [4.78, 5) is 4.42. The summed E-state index contributed by atoms with van der Waals surface area (Å²) in [6.07, 6.45) is 2.93. The predicted octanol–water partition coefficient (Wildman–Crippen LogP) is 1.41. The number of rotatable bonds is 0. The number of aromatic nitrogens is 1. The van der Waals surface area contributed by atoms with Gasteiger partial charge in [0.1, 0.15) is 11.0 Å². The van der Waals surface area contributed by atoms with Gasteiger partial charge in [-0.2, -0.15) is 5.26 Å². The standard InChI is InChI=1S/C10H8N2O2S/c1-6-3-9-10(15(6,13)14)7(2)8(4-11)5-12-9/h3,5H,1-2H3. The van der Waals surface area contributed by atoms with Crippen LogP contribution in [-0.4, -0.2) is 13.4 Å². The number of nitrogens with zero attached hydrogens (tertiary/aromatic N) is 2. The van der Waals surface area contributed by atoms with Crippen molar-refractivity contribution in [2.24, 2.45) is 0 Å². The van der Waals surface area contributed by atoms with Crippen LogP contribution in [0.25, 0.3) is 6.08 Å². The quantitative estimate of drug-likeness (QED) is 0.662. The van der Waals surface area contributed by atoms with E-state index >= 15 is 0 Å². The zero-order valence-electron chi connectivity index (χ0n) is 8.27. The Morgan fingerprint density at radius 1 is 1.40 bits per heavy atom. The summed E-state index contributed by atoms with van der Waals surface area (Å²) in [5.41, 5.74) is 1.22. The number of allylic oxidation sites excluding steroid dienone is 1. The topological polar surface area (TPSA) is 70.8 Å². The van der Waals surface area contributed by atoms with Crippen molar-refractivity contribution in [3.8, 4) is 6.07 Å². The minimum atomic E-state index is -3.40. The zero-order valence-corrected chi connectivity index (χ0v) is 9.09. The summed E-state index contributed by atoms with van der Waals surface area (Å²) in [5.74, 6) is 0. The molecule has 0 aromatic carbocycles. The minimum absolute atomic E-state index is 0.180. The molecule has 76 valence electrons. The molecular weight excluding hydrogens is 212 g/mol. The van der Waals surface area contributed by atoms with Crippen molar-refractivity contribution in [2.75, 3.05) is 0 Å². The molecule has 0 saturated heterocycles. The van der Waals surface area contributed by atoms with Crippen LogP contribution in [0, 0.1) is 18.3 Å². The maximum Gasteiger partial charge on any atom is 0.205 e. The van der Waals surface area contributed by atoms with Crippen molar-refractivity contribution in [1.82, 2.24) is 4.98 Å². The molecule has 0 spiro atoms. The van der Waals surface area contributed by atoms with Crippen molar-refractivity contribution in [3.63, 3.8) is 0 Å². The van der Waals surface area contributed by atoms with Gasteiger partial charge in [0.05, 0.1) is 11.3 Å². The van der Waals surface area contributed by atoms with Crippen molar-refractivity contribution in [3.05, 3.63) is 27.9 Å². The molecule has 2 heterocycles. The van der Waals surface area contributed by atoms with Crippen LogP contribution in [0.15, 0.2) is 16.0 Å². The monoisotopic (exact) mass is 220 g/mol. The smallest absolute Gasteiger partial charge is 0.205 e. The van der Waals surface area contributed by atoms with Gasteiger partial charge in [0.15, 0.2) is 0 Å². The Morgan fingerprint density at radius 2 is 2.07 bits per heavy atom. The van der Waals surface area contributed by atoms with Gasteiger partial charge in [-0.15, -0.1) is 0 Å². The average molecular weight is 220 g/mol. The van der Waals surface area contributed by atoms with Gasteiger partial charge in [0.2, 0.25) is 9.84 Å². The Hall–Kier alpha value is -1.67. The maximum atomic E-state index is 11.9. The summed E-state index contributed by atoms with van der Waals surface area (Å²) in [5, 5.41) is 8.78. The molecular formula is C10H8N2O2S. The fraction of sp³-hybridized carbons (Fsp3) is 0.200. The van der Waals surface area contributed by atoms with Crippen LogP contribution in [0.1, 0.15) is 23.7 Å². The van der Waals surface area contributed by atoms with Gasteiger partial charge in [-0.1, -0.05) is 0 Å². The second-order valence-corrected chi connectivity index (χ2v) is 5.44. The lowest BCUT2D eigenvalue weighted by Gasteiger charge is -2.04. The first-order chi connectivity index (χ1) is 6.98. The van der Waals surface area contributed by atoms with Gasteiger partial charge in [0.25, 0.3) is 0 Å². The summed E-state index contributed by atoms with van der Waals surface area (Å²) in [6.45, 7) is 3.16. The number of hydrogen-bond acceptors (Lipinski definition) is 4. The van der Waals surface area contributed by atoms with Gasteiger partial charge in [-0.05, 0) is 25.5 Å². The highest BCUT2D eigenvalue weighted by Crippen LogP contribution is 2.34. The number of fused-ring (bicyclic) bond motifs is 1. The molecule has 0 bridgehead atoms. The van der Waals surface area contributed by atoms with Gasteiger partial charge in [-0.3, -0.25) is 4.98 Å². The number of hydrogen-bond donors (Lipinski definition) is 0. The molecule has 0 atom stereocenters. The second-order valence-electron chi connectivity index (χ2n) is 3.38. The molecule has 0 unspecified atom stereocenters. The van der Waals surface area contributed by atoms with Crippen molar-refractivity contribution >= 4 is 15.9 Å². The van der Waals surface area contributed by atoms with Gasteiger partial charge >= 0.3 is 0 Å². The average Bonchev–Trinajstić information content (AvgIpc) is 2.39. The highest BCUT2D eigenvalue weighted by atomic mass is 32.2. The Morgan fingerprint density at radius 3 is 2.67 bits per heavy atom. The predicted molar refractivity (Wildman–Crippen MR) is 54.5 cm³/mol. The molecule has 0 saturated carbocycles. The summed E-state index contributed by atoms with van der Waals surface area (Å²) in [6, 6.07) is 1.93. The number of sulfone groups is 1. The van der Waals surface area contributed by atoms with Crippen LogP contribution in [0.5, 0.6) is 0 Å². The zero-order chi connectivity index (χ0) is 11.2. The van der Waals surface area contributed by atoms with E-state index in [1.807, 2.05) is 6.07 Å². The fourth-order valence-corrected chi connectivity index (χ4v) is 3.08. The van der Waals surface area contributed by atoms with Crippen LogP contribution in [0.2, 0.25) is 0 Å². The highest BCUT2D eigenvalue weighted by Gasteiger charge is 2.30. The molecule has 4 nitrogen and oxygen atoms in total. The summed E-state index contributed by atoms with van der Waals surface area (Å²) in [7, 11) is -3.40. The molecule has 0 radical (unpaired) electrons. The summed E-state index contributed by atoms with van der Waals surface area (Å²) < 4.78 is 23.7. The fourth-order valence-electron chi connectivity index (χ4n) is 1.59. The Kier molecular flexibility index (Phi) is 1.91. The Balaban J connectivity index is 2.88. The molecule has 5 heteroatoms. The number of pyridine rings is 1. The van der Waals surface area contributed by atoms with E-state index in [4.69, 9.17) is 5.26 Å². The van der Waals surface area contributed by atoms with Crippen molar-refractivity contribution in [2.45, 2.75) is 18.7 Å². The van der Waals surface area contributed by atoms with E-state index in [2.05, 4.69) is 4.98 Å². The Bertz CT molecular complexity index is 622. The first-order valence-corrected chi connectivity index (χ1v) is 5.80. The maximum absolute atomic E-state index is 11.9. The first-order valence-electron chi connectivity index (χ1n) is 4.31. The van der Waals surface area contributed by atoms with E-state index in [0.29, 0.717) is 16.8 Å². The first kappa shape index (κ1) is 9.87. The number of nitriles is 1. The van der Waals surface area contributed by atoms with E-state index in [9.17, 15) is 8.42 Å². The molecule has 15 heavy (non-hydrogen) atoms. The largest absolute Gasteiger partial charge is 0.254 e. The lowest BCUT2D eigenvalue weighted by Crippen LogP contribution is -2.03. The molecule has 0 amide bonds. The molecule has 2 rings (SSSR count). The van der Waals surface area contributed by atoms with Crippen LogP contribution >= 0.6 is 0 Å². The molecule has 0 fully saturated rings. The normalized spacial score (nSPS) is 16.7. The van der Waals surface area contributed by atoms with E-state index in [-0.39, 0.29) is 9.80 Å². The van der Waals surface area contributed by atoms with E-state index < -0.39 is 9.84 Å². The molecule has 0 aliphatic carbocycles. The lowest BCUT2D eigenvalue weighted by atomic mass is 10.1. The minimum Gasteiger partial charge on any atom is -0.254 e. The van der Waals surface area contributed by atoms with Gasteiger partial charge in [0, 0.05) is 11.1 Å². The van der Waals surface area contributed by atoms with Gasteiger partial charge < -0.3 is 0 Å². The van der Waals surface area contributed by atoms with Crippen LogP contribution in [-0.2, 0) is 9.84 Å². The summed E-state index contributed by atoms with van der Waals surface area (Å²) >= 11 is 0. The van der Waals surface area contributed by atoms with Crippen molar-refractivity contribution in [1.29, 1.82) is 5.26 Å². The molecule has 1 aromatic rings. The Labute approximate surface area is 87.8 Å². The van der Waals surface area contributed by atoms with Crippen LogP contribution < -0.4 is 0 Å². The van der Waals surface area contributed by atoms with E-state index in [1.165, 1.54) is 19.2 Å². The molecule has 1 aliphatic rings. The van der Waals surface area contributed by atoms with Crippen molar-refractivity contribution < 1.29 is 8.42 Å². The van der Waals surface area contributed by atoms with E-state index in [0.717, 1.165) is 0 Å². The SMILES string of the molecule is CC1=Cc2ncc(C#N)c(C)c2S1(=O)=O. The van der Waals surface area contributed by atoms with E-state index in [1.54, 1.807) is 6.92 Å². The second kappa shape index (κ2) is 2.91. The highest BCUT2D eigenvalue weighted by molar-refractivity contribution is 7.95. The van der Waals surface area contributed by atoms with Gasteiger partial charge in [-0.25, -0.2) is 8.42 Å². The van der Waals surface area contributed by atoms with Crippen LogP contribution in [0.3, 0.4) is 0 Å². The molecule has 1 aliphatic heterocycles. The third kappa shape index (κ3) is 1.18.